The topological polar surface area (TPSA) is 46.5 Å². The fourth-order valence-corrected chi connectivity index (χ4v) is 3.63. The predicted octanol–water partition coefficient (Wildman–Crippen LogP) is 4.17. The fourth-order valence-electron chi connectivity index (χ4n) is 1.58. The van der Waals surface area contributed by atoms with Crippen molar-refractivity contribution in [1.29, 1.82) is 0 Å². The zero-order valence-electron chi connectivity index (χ0n) is 9.77. The molecular weight excluding hydrogens is 470 g/mol. The molecule has 0 aliphatic carbocycles. The summed E-state index contributed by atoms with van der Waals surface area (Å²) in [5.41, 5.74) is 1.35. The van der Waals surface area contributed by atoms with E-state index >= 15 is 0 Å². The summed E-state index contributed by atoms with van der Waals surface area (Å²) in [4.78, 5) is 11.2. The lowest BCUT2D eigenvalue weighted by atomic mass is 10.2. The molecule has 0 fully saturated rings. The van der Waals surface area contributed by atoms with Gasteiger partial charge in [0.05, 0.1) is 9.13 Å². The molecule has 0 amide bonds. The Morgan fingerprint density at radius 2 is 1.79 bits per heavy atom. The van der Waals surface area contributed by atoms with Gasteiger partial charge < -0.3 is 9.84 Å². The Morgan fingerprint density at radius 3 is 2.42 bits per heavy atom. The van der Waals surface area contributed by atoms with Crippen LogP contribution in [0.25, 0.3) is 0 Å². The van der Waals surface area contributed by atoms with Crippen LogP contribution in [0.5, 0.6) is 5.75 Å². The monoisotopic (exact) mass is 480 g/mol. The third kappa shape index (κ3) is 3.59. The van der Waals surface area contributed by atoms with Gasteiger partial charge in [-0.3, -0.25) is 0 Å². The number of carboxylic acid groups (broad SMARTS) is 1. The number of rotatable bonds is 4. The summed E-state index contributed by atoms with van der Waals surface area (Å²) in [7, 11) is 0. The van der Waals surface area contributed by atoms with Gasteiger partial charge in [-0.1, -0.05) is 30.3 Å². The number of carboxylic acids is 1. The van der Waals surface area contributed by atoms with Crippen LogP contribution in [0.15, 0.2) is 42.5 Å². The highest BCUT2D eigenvalue weighted by Crippen LogP contribution is 2.29. The molecule has 2 aromatic carbocycles. The number of benzene rings is 2. The second kappa shape index (κ2) is 6.56. The molecule has 2 rings (SSSR count). The first-order chi connectivity index (χ1) is 9.09. The number of hydrogen-bond donors (Lipinski definition) is 1. The highest BCUT2D eigenvalue weighted by molar-refractivity contribution is 14.1. The number of hydrogen-bond acceptors (Lipinski definition) is 2. The van der Waals surface area contributed by atoms with Crippen molar-refractivity contribution in [3.05, 3.63) is 60.7 Å². The summed E-state index contributed by atoms with van der Waals surface area (Å²) in [5.74, 6) is -0.332. The Morgan fingerprint density at radius 1 is 1.11 bits per heavy atom. The van der Waals surface area contributed by atoms with E-state index in [-0.39, 0.29) is 0 Å². The van der Waals surface area contributed by atoms with Crippen LogP contribution in [0, 0.1) is 7.14 Å². The minimum absolute atomic E-state index is 0.298. The van der Waals surface area contributed by atoms with E-state index in [9.17, 15) is 9.90 Å². The van der Waals surface area contributed by atoms with Gasteiger partial charge in [0.2, 0.25) is 0 Å². The van der Waals surface area contributed by atoms with Crippen molar-refractivity contribution in [3.63, 3.8) is 0 Å². The fraction of sp³-hybridized carbons (Fsp3) is 0.0714. The minimum atomic E-state index is -0.932. The molecule has 0 atom stereocenters. The van der Waals surface area contributed by atoms with Gasteiger partial charge in [0.15, 0.2) is 0 Å². The quantitative estimate of drug-likeness (QED) is 0.669. The molecule has 0 saturated heterocycles. The Balaban J connectivity index is 2.22. The lowest BCUT2D eigenvalue weighted by Crippen LogP contribution is -2.06. The van der Waals surface area contributed by atoms with Crippen LogP contribution in [0.4, 0.5) is 0 Å². The maximum Gasteiger partial charge on any atom is 0.337 e. The molecule has 2 aromatic rings. The number of ether oxygens (including phenoxy) is 1. The normalized spacial score (nSPS) is 10.2. The van der Waals surface area contributed by atoms with Crippen LogP contribution in [0.1, 0.15) is 15.9 Å². The predicted molar refractivity (Wildman–Crippen MR) is 89.6 cm³/mol. The molecule has 0 saturated carbocycles. The van der Waals surface area contributed by atoms with Crippen LogP contribution in [0.3, 0.4) is 0 Å². The first-order valence-corrected chi connectivity index (χ1v) is 7.63. The molecule has 0 unspecified atom stereocenters. The number of aromatic carboxylic acids is 1. The molecule has 0 radical (unpaired) electrons. The van der Waals surface area contributed by atoms with Gasteiger partial charge in [-0.05, 0) is 62.9 Å². The zero-order chi connectivity index (χ0) is 13.8. The maximum absolute atomic E-state index is 11.2. The molecule has 0 spiro atoms. The minimum Gasteiger partial charge on any atom is -0.488 e. The molecule has 0 aliphatic heterocycles. The van der Waals surface area contributed by atoms with Gasteiger partial charge in [-0.25, -0.2) is 4.79 Å². The second-order valence-electron chi connectivity index (χ2n) is 3.81. The van der Waals surface area contributed by atoms with E-state index in [0.717, 1.165) is 5.56 Å². The van der Waals surface area contributed by atoms with Gasteiger partial charge >= 0.3 is 5.97 Å². The zero-order valence-corrected chi connectivity index (χ0v) is 14.1. The first kappa shape index (κ1) is 14.6. The largest absolute Gasteiger partial charge is 0.488 e. The molecule has 5 heteroatoms. The maximum atomic E-state index is 11.2. The summed E-state index contributed by atoms with van der Waals surface area (Å²) in [6.45, 7) is 0.427. The van der Waals surface area contributed by atoms with E-state index in [2.05, 4.69) is 0 Å². The van der Waals surface area contributed by atoms with E-state index in [4.69, 9.17) is 4.74 Å². The lowest BCUT2D eigenvalue weighted by Gasteiger charge is -2.11. The molecule has 0 aliphatic rings. The SMILES string of the molecule is O=C(O)c1c(I)ccc(OCc2ccccc2)c1I. The second-order valence-corrected chi connectivity index (χ2v) is 6.05. The number of carbonyl (C=O) groups is 1. The Kier molecular flexibility index (Phi) is 5.03. The molecule has 0 bridgehead atoms. The smallest absolute Gasteiger partial charge is 0.337 e. The Labute approximate surface area is 138 Å². The van der Waals surface area contributed by atoms with Crippen molar-refractivity contribution in [1.82, 2.24) is 0 Å². The van der Waals surface area contributed by atoms with E-state index in [0.29, 0.717) is 25.1 Å². The molecule has 3 nitrogen and oxygen atoms in total. The lowest BCUT2D eigenvalue weighted by molar-refractivity contribution is 0.0694. The average Bonchev–Trinajstić information content (AvgIpc) is 2.38. The van der Waals surface area contributed by atoms with Crippen LogP contribution in [-0.4, -0.2) is 11.1 Å². The standard InChI is InChI=1S/C14H10I2O3/c15-10-6-7-11(13(16)12(10)14(17)18)19-8-9-4-2-1-3-5-9/h1-7H,8H2,(H,17,18). The van der Waals surface area contributed by atoms with Crippen molar-refractivity contribution in [2.75, 3.05) is 0 Å². The average molecular weight is 480 g/mol. The summed E-state index contributed by atoms with van der Waals surface area (Å²) in [6, 6.07) is 13.3. The van der Waals surface area contributed by atoms with E-state index < -0.39 is 5.97 Å². The molecule has 1 N–H and O–H groups in total. The van der Waals surface area contributed by atoms with Crippen LogP contribution >= 0.6 is 45.2 Å². The van der Waals surface area contributed by atoms with Crippen LogP contribution < -0.4 is 4.74 Å². The Hall–Kier alpha value is -0.830. The van der Waals surface area contributed by atoms with Crippen molar-refractivity contribution in [3.8, 4) is 5.75 Å². The molecular formula is C14H10I2O3. The van der Waals surface area contributed by atoms with Crippen molar-refractivity contribution in [2.45, 2.75) is 6.61 Å². The molecule has 98 valence electrons. The van der Waals surface area contributed by atoms with Gasteiger partial charge in [-0.2, -0.15) is 0 Å². The van der Waals surface area contributed by atoms with Crippen molar-refractivity contribution >= 4 is 51.2 Å². The third-order valence-electron chi connectivity index (χ3n) is 2.51. The summed E-state index contributed by atoms with van der Waals surface area (Å²) in [5, 5.41) is 9.19. The highest BCUT2D eigenvalue weighted by atomic mass is 127. The summed E-state index contributed by atoms with van der Waals surface area (Å²) < 4.78 is 7.04. The van der Waals surface area contributed by atoms with Gasteiger partial charge in [0.1, 0.15) is 12.4 Å². The van der Waals surface area contributed by atoms with E-state index in [1.54, 1.807) is 12.1 Å². The molecule has 0 heterocycles. The molecule has 19 heavy (non-hydrogen) atoms. The van der Waals surface area contributed by atoms with Gasteiger partial charge in [0.25, 0.3) is 0 Å². The van der Waals surface area contributed by atoms with Gasteiger partial charge in [0, 0.05) is 3.57 Å². The summed E-state index contributed by atoms with van der Waals surface area (Å²) >= 11 is 4.03. The molecule has 0 aromatic heterocycles. The third-order valence-corrected chi connectivity index (χ3v) is 4.48. The van der Waals surface area contributed by atoms with Crippen LogP contribution in [0.2, 0.25) is 0 Å². The number of halogens is 2. The van der Waals surface area contributed by atoms with Gasteiger partial charge in [-0.15, -0.1) is 0 Å². The first-order valence-electron chi connectivity index (χ1n) is 5.47. The summed E-state index contributed by atoms with van der Waals surface area (Å²) in [6.07, 6.45) is 0. The van der Waals surface area contributed by atoms with Crippen molar-refractivity contribution in [2.24, 2.45) is 0 Å². The van der Waals surface area contributed by atoms with E-state index in [1.807, 2.05) is 75.5 Å². The van der Waals surface area contributed by atoms with Crippen LogP contribution in [-0.2, 0) is 6.61 Å². The highest BCUT2D eigenvalue weighted by Gasteiger charge is 2.16. The van der Waals surface area contributed by atoms with E-state index in [1.165, 1.54) is 0 Å². The van der Waals surface area contributed by atoms with Crippen molar-refractivity contribution < 1.29 is 14.6 Å². The Bertz CT molecular complexity index is 597.